The number of ether oxygens (including phenoxy) is 2. The van der Waals surface area contributed by atoms with Gasteiger partial charge in [0.1, 0.15) is 5.75 Å². The fourth-order valence-electron chi connectivity index (χ4n) is 4.15. The molecule has 3 atom stereocenters. The normalized spacial score (nSPS) is 23.2. The van der Waals surface area contributed by atoms with Gasteiger partial charge in [-0.15, -0.1) is 0 Å². The van der Waals surface area contributed by atoms with Crippen LogP contribution in [0.25, 0.3) is 0 Å². The van der Waals surface area contributed by atoms with Crippen molar-refractivity contribution in [3.8, 4) is 5.75 Å². The van der Waals surface area contributed by atoms with Gasteiger partial charge in [-0.3, -0.25) is 0 Å². The number of alkyl halides is 7. The molecule has 2 N–H and O–H groups in total. The number of hydrogen-bond donors (Lipinski definition) is 2. The third-order valence-corrected chi connectivity index (χ3v) is 5.59. The first kappa shape index (κ1) is 27.7. The summed E-state index contributed by atoms with van der Waals surface area (Å²) < 4.78 is 100. The molecule has 11 heteroatoms. The van der Waals surface area contributed by atoms with Gasteiger partial charge in [0, 0.05) is 12.6 Å². The summed E-state index contributed by atoms with van der Waals surface area (Å²) in [5, 5.41) is 12.0. The highest BCUT2D eigenvalue weighted by atomic mass is 19.4. The summed E-state index contributed by atoms with van der Waals surface area (Å²) >= 11 is 0. The Kier molecular flexibility index (Phi) is 9.41. The minimum absolute atomic E-state index is 0.181. The quantitative estimate of drug-likeness (QED) is 0.405. The number of para-hydroxylation sites is 1. The highest BCUT2D eigenvalue weighted by Crippen LogP contribution is 2.38. The van der Waals surface area contributed by atoms with Crippen molar-refractivity contribution in [3.05, 3.63) is 29.8 Å². The van der Waals surface area contributed by atoms with E-state index in [1.807, 2.05) is 13.8 Å². The Bertz CT molecular complexity index is 745. The lowest BCUT2D eigenvalue weighted by atomic mass is 9.77. The van der Waals surface area contributed by atoms with Crippen molar-refractivity contribution in [2.75, 3.05) is 6.54 Å². The van der Waals surface area contributed by atoms with Crippen LogP contribution in [0.1, 0.15) is 51.5 Å². The second kappa shape index (κ2) is 11.2. The molecule has 33 heavy (non-hydrogen) atoms. The molecule has 0 spiro atoms. The molecule has 1 fully saturated rings. The molecular weight excluding hydrogens is 459 g/mol. The van der Waals surface area contributed by atoms with E-state index in [2.05, 4.69) is 10.1 Å². The third kappa shape index (κ3) is 8.29. The predicted octanol–water partition coefficient (Wildman–Crippen LogP) is 5.48. The summed E-state index contributed by atoms with van der Waals surface area (Å²) in [5.74, 6) is -0.360. The fraction of sp³-hybridized carbons (Fsp3) is 0.727. The van der Waals surface area contributed by atoms with Crippen LogP contribution in [0.15, 0.2) is 24.3 Å². The van der Waals surface area contributed by atoms with Crippen LogP contribution >= 0.6 is 0 Å². The van der Waals surface area contributed by atoms with Crippen molar-refractivity contribution in [2.45, 2.75) is 94.9 Å². The van der Waals surface area contributed by atoms with Gasteiger partial charge in [-0.2, -0.15) is 30.7 Å². The van der Waals surface area contributed by atoms with Crippen LogP contribution in [-0.2, 0) is 11.2 Å². The summed E-state index contributed by atoms with van der Waals surface area (Å²) in [6, 6.07) is 5.31. The average molecular weight is 489 g/mol. The van der Waals surface area contributed by atoms with Gasteiger partial charge in [-0.1, -0.05) is 18.2 Å². The summed E-state index contributed by atoms with van der Waals surface area (Å²) in [6.45, 7) is 2.98. The fourth-order valence-corrected chi connectivity index (χ4v) is 4.15. The first-order valence-electron chi connectivity index (χ1n) is 10.8. The SMILES string of the molecule is CC(C)OC1(CCc2ccccc2OC(F)(F)C(F)F)CCCC(NCC(O)C(F)(F)F)C1. The maximum Gasteiger partial charge on any atom is 0.461 e. The number of benzene rings is 1. The van der Waals surface area contributed by atoms with Crippen molar-refractivity contribution in [1.82, 2.24) is 5.32 Å². The summed E-state index contributed by atoms with van der Waals surface area (Å²) in [5.41, 5.74) is -0.460. The molecule has 1 aliphatic carbocycles. The molecule has 0 amide bonds. The molecule has 1 aliphatic rings. The van der Waals surface area contributed by atoms with E-state index in [-0.39, 0.29) is 24.3 Å². The highest BCUT2D eigenvalue weighted by Gasteiger charge is 2.45. The van der Waals surface area contributed by atoms with Crippen LogP contribution in [0.3, 0.4) is 0 Å². The Labute approximate surface area is 188 Å². The van der Waals surface area contributed by atoms with Gasteiger partial charge in [-0.25, -0.2) is 0 Å². The zero-order valence-corrected chi connectivity index (χ0v) is 18.5. The van der Waals surface area contributed by atoms with E-state index in [1.54, 1.807) is 6.07 Å². The van der Waals surface area contributed by atoms with Gasteiger partial charge in [0.25, 0.3) is 0 Å². The Morgan fingerprint density at radius 3 is 2.42 bits per heavy atom. The lowest BCUT2D eigenvalue weighted by molar-refractivity contribution is -0.253. The molecule has 0 heterocycles. The number of aliphatic hydroxyl groups is 1. The molecule has 4 nitrogen and oxygen atoms in total. The average Bonchev–Trinajstić information content (AvgIpc) is 2.70. The smallest absolute Gasteiger partial charge is 0.428 e. The molecule has 190 valence electrons. The number of aryl methyl sites for hydroxylation is 1. The van der Waals surface area contributed by atoms with Crippen LogP contribution < -0.4 is 10.1 Å². The number of halogens is 7. The van der Waals surface area contributed by atoms with Gasteiger partial charge < -0.3 is 19.9 Å². The summed E-state index contributed by atoms with van der Waals surface area (Å²) in [7, 11) is 0. The van der Waals surface area contributed by atoms with Gasteiger partial charge >= 0.3 is 18.7 Å². The largest absolute Gasteiger partial charge is 0.461 e. The first-order valence-corrected chi connectivity index (χ1v) is 10.8. The van der Waals surface area contributed by atoms with E-state index < -0.39 is 37.0 Å². The zero-order valence-electron chi connectivity index (χ0n) is 18.5. The second-order valence-corrected chi connectivity index (χ2v) is 8.68. The molecular formula is C22H30F7NO3. The maximum atomic E-state index is 13.4. The Morgan fingerprint density at radius 2 is 1.82 bits per heavy atom. The van der Waals surface area contributed by atoms with Crippen molar-refractivity contribution in [2.24, 2.45) is 0 Å². The molecule has 0 aromatic heterocycles. The standard InChI is InChI=1S/C22H30F7NO3/c1-14(2)32-20(10-5-7-16(12-20)30-13-18(31)21(25,26)27)11-9-15-6-3-4-8-17(15)33-22(28,29)19(23)24/h3-4,6,8,14,16,18-19,30-31H,5,7,9-13H2,1-2H3. The lowest BCUT2D eigenvalue weighted by Crippen LogP contribution is -2.49. The summed E-state index contributed by atoms with van der Waals surface area (Å²) in [6.07, 6.45) is -13.3. The molecule has 3 unspecified atom stereocenters. The van der Waals surface area contributed by atoms with Gasteiger partial charge in [0.15, 0.2) is 6.10 Å². The van der Waals surface area contributed by atoms with Gasteiger partial charge in [0.2, 0.25) is 0 Å². The molecule has 0 aliphatic heterocycles. The van der Waals surface area contributed by atoms with E-state index in [0.717, 1.165) is 0 Å². The molecule has 1 aromatic carbocycles. The Morgan fingerprint density at radius 1 is 1.15 bits per heavy atom. The number of hydrogen-bond acceptors (Lipinski definition) is 4. The van der Waals surface area contributed by atoms with Crippen LogP contribution in [0, 0.1) is 0 Å². The van der Waals surface area contributed by atoms with Crippen LogP contribution in [0.4, 0.5) is 30.7 Å². The first-order chi connectivity index (χ1) is 15.2. The number of nitrogens with one attached hydrogen (secondary N) is 1. The van der Waals surface area contributed by atoms with E-state index >= 15 is 0 Å². The summed E-state index contributed by atoms with van der Waals surface area (Å²) in [4.78, 5) is 0. The Balaban J connectivity index is 2.12. The van der Waals surface area contributed by atoms with Crippen molar-refractivity contribution >= 4 is 0 Å². The number of aliphatic hydroxyl groups excluding tert-OH is 1. The van der Waals surface area contributed by atoms with Gasteiger partial charge in [-0.05, 0) is 64.0 Å². The van der Waals surface area contributed by atoms with Crippen LogP contribution in [0.2, 0.25) is 0 Å². The van der Waals surface area contributed by atoms with Crippen molar-refractivity contribution in [1.29, 1.82) is 0 Å². The predicted molar refractivity (Wildman–Crippen MR) is 108 cm³/mol. The van der Waals surface area contributed by atoms with E-state index in [0.29, 0.717) is 37.7 Å². The van der Waals surface area contributed by atoms with E-state index in [1.165, 1.54) is 18.2 Å². The van der Waals surface area contributed by atoms with Crippen molar-refractivity contribution < 1.29 is 45.3 Å². The topological polar surface area (TPSA) is 50.7 Å². The highest BCUT2D eigenvalue weighted by molar-refractivity contribution is 5.34. The molecule has 2 rings (SSSR count). The maximum absolute atomic E-state index is 13.4. The van der Waals surface area contributed by atoms with E-state index in [9.17, 15) is 35.8 Å². The molecule has 0 radical (unpaired) electrons. The molecule has 1 saturated carbocycles. The third-order valence-electron chi connectivity index (χ3n) is 5.59. The zero-order chi connectivity index (χ0) is 24.9. The van der Waals surface area contributed by atoms with Crippen LogP contribution in [0.5, 0.6) is 5.75 Å². The van der Waals surface area contributed by atoms with Crippen LogP contribution in [-0.4, -0.2) is 54.2 Å². The molecule has 0 bridgehead atoms. The monoisotopic (exact) mass is 489 g/mol. The second-order valence-electron chi connectivity index (χ2n) is 8.68. The minimum atomic E-state index is -4.73. The van der Waals surface area contributed by atoms with Crippen molar-refractivity contribution in [3.63, 3.8) is 0 Å². The molecule has 1 aromatic rings. The van der Waals surface area contributed by atoms with Gasteiger partial charge in [0.05, 0.1) is 11.7 Å². The lowest BCUT2D eigenvalue weighted by Gasteiger charge is -2.43. The van der Waals surface area contributed by atoms with E-state index in [4.69, 9.17) is 4.74 Å². The Hall–Kier alpha value is -1.59. The number of rotatable bonds is 11. The molecule has 0 saturated heterocycles. The minimum Gasteiger partial charge on any atom is -0.428 e.